The molecule has 2 atom stereocenters. The molecule has 3 heteroatoms. The second kappa shape index (κ2) is 5.06. The summed E-state index contributed by atoms with van der Waals surface area (Å²) in [6, 6.07) is 4.34. The predicted octanol–water partition coefficient (Wildman–Crippen LogP) is 2.57. The fourth-order valence-electron chi connectivity index (χ4n) is 3.00. The largest absolute Gasteiger partial charge is 0.464 e. The van der Waals surface area contributed by atoms with Crippen LogP contribution < -0.4 is 5.73 Å². The van der Waals surface area contributed by atoms with Gasteiger partial charge >= 0.3 is 0 Å². The van der Waals surface area contributed by atoms with E-state index in [9.17, 15) is 0 Å². The number of furan rings is 1. The average Bonchev–Trinajstić information content (AvgIpc) is 2.94. The molecule has 0 amide bonds. The van der Waals surface area contributed by atoms with Crippen LogP contribution in [-0.4, -0.2) is 24.5 Å². The molecule has 1 aliphatic carbocycles. The second-order valence-electron chi connectivity index (χ2n) is 6.08. The normalized spacial score (nSPS) is 29.7. The SMILES string of the molecule is CC1CC1c1ccc(CN2CCC(CN)CC2)o1. The van der Waals surface area contributed by atoms with Gasteiger partial charge in [-0.15, -0.1) is 0 Å². The third-order valence-corrected chi connectivity index (χ3v) is 4.58. The lowest BCUT2D eigenvalue weighted by atomic mass is 9.97. The third kappa shape index (κ3) is 2.62. The van der Waals surface area contributed by atoms with Crippen molar-refractivity contribution in [1.29, 1.82) is 0 Å². The summed E-state index contributed by atoms with van der Waals surface area (Å²) in [4.78, 5) is 2.49. The van der Waals surface area contributed by atoms with E-state index >= 15 is 0 Å². The molecule has 18 heavy (non-hydrogen) atoms. The molecule has 1 saturated heterocycles. The van der Waals surface area contributed by atoms with Gasteiger partial charge in [0.15, 0.2) is 0 Å². The van der Waals surface area contributed by atoms with Crippen molar-refractivity contribution in [2.75, 3.05) is 19.6 Å². The van der Waals surface area contributed by atoms with E-state index in [0.717, 1.165) is 43.8 Å². The van der Waals surface area contributed by atoms with Gasteiger partial charge in [0.1, 0.15) is 11.5 Å². The molecule has 2 unspecified atom stereocenters. The quantitative estimate of drug-likeness (QED) is 0.890. The van der Waals surface area contributed by atoms with Crippen molar-refractivity contribution in [2.45, 2.75) is 38.6 Å². The maximum Gasteiger partial charge on any atom is 0.118 e. The highest BCUT2D eigenvalue weighted by Gasteiger charge is 2.36. The Morgan fingerprint density at radius 2 is 2.06 bits per heavy atom. The van der Waals surface area contributed by atoms with Crippen LogP contribution in [0.4, 0.5) is 0 Å². The average molecular weight is 248 g/mol. The maximum atomic E-state index is 5.97. The van der Waals surface area contributed by atoms with E-state index in [1.54, 1.807) is 0 Å². The van der Waals surface area contributed by atoms with Crippen LogP contribution in [0.25, 0.3) is 0 Å². The first kappa shape index (κ1) is 12.2. The molecule has 0 radical (unpaired) electrons. The zero-order valence-electron chi connectivity index (χ0n) is 11.3. The number of nitrogens with two attached hydrogens (primary N) is 1. The summed E-state index contributed by atoms with van der Waals surface area (Å²) in [5, 5.41) is 0. The number of hydrogen-bond donors (Lipinski definition) is 1. The first-order chi connectivity index (χ1) is 8.76. The molecular formula is C15H24N2O. The second-order valence-corrected chi connectivity index (χ2v) is 6.08. The fraction of sp³-hybridized carbons (Fsp3) is 0.733. The van der Waals surface area contributed by atoms with Crippen molar-refractivity contribution in [3.8, 4) is 0 Å². The minimum atomic E-state index is 0.696. The zero-order valence-corrected chi connectivity index (χ0v) is 11.3. The van der Waals surface area contributed by atoms with Gasteiger partial charge in [0, 0.05) is 5.92 Å². The van der Waals surface area contributed by atoms with Crippen LogP contribution in [-0.2, 0) is 6.54 Å². The Morgan fingerprint density at radius 1 is 1.33 bits per heavy atom. The van der Waals surface area contributed by atoms with Gasteiger partial charge in [0.05, 0.1) is 6.54 Å². The van der Waals surface area contributed by atoms with Gasteiger partial charge in [-0.25, -0.2) is 0 Å². The Labute approximate surface area is 109 Å². The van der Waals surface area contributed by atoms with Crippen molar-refractivity contribution >= 4 is 0 Å². The van der Waals surface area contributed by atoms with Gasteiger partial charge in [-0.05, 0) is 62.9 Å². The Kier molecular flexibility index (Phi) is 3.44. The van der Waals surface area contributed by atoms with Crippen molar-refractivity contribution in [3.05, 3.63) is 23.7 Å². The number of nitrogens with zero attached hydrogens (tertiary/aromatic N) is 1. The van der Waals surface area contributed by atoms with E-state index in [1.165, 1.54) is 25.0 Å². The summed E-state index contributed by atoms with van der Waals surface area (Å²) in [5.41, 5.74) is 5.72. The van der Waals surface area contributed by atoms with E-state index in [1.807, 2.05) is 0 Å². The summed E-state index contributed by atoms with van der Waals surface area (Å²) >= 11 is 0. The minimum absolute atomic E-state index is 0.696. The van der Waals surface area contributed by atoms with Crippen LogP contribution in [0.5, 0.6) is 0 Å². The first-order valence-electron chi connectivity index (χ1n) is 7.27. The zero-order chi connectivity index (χ0) is 12.5. The molecule has 2 heterocycles. The smallest absolute Gasteiger partial charge is 0.118 e. The van der Waals surface area contributed by atoms with Crippen molar-refractivity contribution in [2.24, 2.45) is 17.6 Å². The highest BCUT2D eigenvalue weighted by Crippen LogP contribution is 2.47. The molecule has 0 aromatic carbocycles. The Balaban J connectivity index is 1.52. The predicted molar refractivity (Wildman–Crippen MR) is 72.3 cm³/mol. The summed E-state index contributed by atoms with van der Waals surface area (Å²) in [7, 11) is 0. The van der Waals surface area contributed by atoms with E-state index in [-0.39, 0.29) is 0 Å². The summed E-state index contributed by atoms with van der Waals surface area (Å²) < 4.78 is 5.97. The monoisotopic (exact) mass is 248 g/mol. The Hall–Kier alpha value is -0.800. The van der Waals surface area contributed by atoms with Gasteiger partial charge in [0.25, 0.3) is 0 Å². The summed E-state index contributed by atoms with van der Waals surface area (Å²) in [6.45, 7) is 6.44. The highest BCUT2D eigenvalue weighted by atomic mass is 16.3. The van der Waals surface area contributed by atoms with Gasteiger partial charge in [-0.2, -0.15) is 0 Å². The molecule has 0 spiro atoms. The topological polar surface area (TPSA) is 42.4 Å². The molecule has 3 rings (SSSR count). The highest BCUT2D eigenvalue weighted by molar-refractivity contribution is 5.17. The first-order valence-corrected chi connectivity index (χ1v) is 7.27. The van der Waals surface area contributed by atoms with Crippen LogP contribution in [0, 0.1) is 11.8 Å². The minimum Gasteiger partial charge on any atom is -0.464 e. The van der Waals surface area contributed by atoms with Crippen LogP contribution in [0.1, 0.15) is 43.6 Å². The van der Waals surface area contributed by atoms with Crippen LogP contribution in [0.2, 0.25) is 0 Å². The van der Waals surface area contributed by atoms with E-state index < -0.39 is 0 Å². The Bertz CT molecular complexity index is 393. The summed E-state index contributed by atoms with van der Waals surface area (Å²) in [5.74, 6) is 4.59. The molecule has 1 aliphatic heterocycles. The standard InChI is InChI=1S/C15H24N2O/c1-11-8-14(11)15-3-2-13(18-15)10-17-6-4-12(9-16)5-7-17/h2-3,11-12,14H,4-10,16H2,1H3. The van der Waals surface area contributed by atoms with Crippen LogP contribution in [0.3, 0.4) is 0 Å². The van der Waals surface area contributed by atoms with Gasteiger partial charge in [-0.3, -0.25) is 4.90 Å². The number of hydrogen-bond acceptors (Lipinski definition) is 3. The lowest BCUT2D eigenvalue weighted by Crippen LogP contribution is -2.35. The lowest BCUT2D eigenvalue weighted by molar-refractivity contribution is 0.168. The van der Waals surface area contributed by atoms with Crippen LogP contribution in [0.15, 0.2) is 16.5 Å². The van der Waals surface area contributed by atoms with Gasteiger partial charge in [-0.1, -0.05) is 6.92 Å². The lowest BCUT2D eigenvalue weighted by Gasteiger charge is -2.30. The number of rotatable bonds is 4. The molecule has 100 valence electrons. The van der Waals surface area contributed by atoms with Crippen molar-refractivity contribution < 1.29 is 4.42 Å². The van der Waals surface area contributed by atoms with Crippen LogP contribution >= 0.6 is 0 Å². The fourth-order valence-corrected chi connectivity index (χ4v) is 3.00. The van der Waals surface area contributed by atoms with Gasteiger partial charge < -0.3 is 10.2 Å². The van der Waals surface area contributed by atoms with E-state index in [0.29, 0.717) is 5.92 Å². The van der Waals surface area contributed by atoms with E-state index in [2.05, 4.69) is 24.0 Å². The number of likely N-dealkylation sites (tertiary alicyclic amines) is 1. The number of piperidine rings is 1. The molecule has 2 aliphatic rings. The molecule has 1 aromatic rings. The van der Waals surface area contributed by atoms with Gasteiger partial charge in [0.2, 0.25) is 0 Å². The summed E-state index contributed by atoms with van der Waals surface area (Å²) in [6.07, 6.45) is 3.78. The molecular weight excluding hydrogens is 224 g/mol. The molecule has 3 nitrogen and oxygen atoms in total. The molecule has 2 fully saturated rings. The maximum absolute atomic E-state index is 5.97. The van der Waals surface area contributed by atoms with E-state index in [4.69, 9.17) is 10.2 Å². The Morgan fingerprint density at radius 3 is 2.67 bits per heavy atom. The molecule has 1 aromatic heterocycles. The van der Waals surface area contributed by atoms with Crippen molar-refractivity contribution in [3.63, 3.8) is 0 Å². The molecule has 0 bridgehead atoms. The molecule has 1 saturated carbocycles. The third-order valence-electron chi connectivity index (χ3n) is 4.58. The molecule has 2 N–H and O–H groups in total. The van der Waals surface area contributed by atoms with Crippen molar-refractivity contribution in [1.82, 2.24) is 4.90 Å².